The van der Waals surface area contributed by atoms with Gasteiger partial charge in [-0.25, -0.2) is 4.98 Å². The number of nitrogens with one attached hydrogen (secondary N) is 2. The minimum absolute atomic E-state index is 0.0618. The molecule has 0 bridgehead atoms. The number of carbonyl (C=O) groups is 1. The lowest BCUT2D eigenvalue weighted by Crippen LogP contribution is -2.27. The van der Waals surface area contributed by atoms with Gasteiger partial charge in [-0.1, -0.05) is 35.9 Å². The van der Waals surface area contributed by atoms with E-state index in [9.17, 15) is 4.79 Å². The summed E-state index contributed by atoms with van der Waals surface area (Å²) in [6.45, 7) is 1.38. The summed E-state index contributed by atoms with van der Waals surface area (Å²) in [5.41, 5.74) is 3.14. The van der Waals surface area contributed by atoms with Crippen LogP contribution in [0.25, 0.3) is 11.0 Å². The van der Waals surface area contributed by atoms with Crippen molar-refractivity contribution < 1.29 is 4.79 Å². The van der Waals surface area contributed by atoms with Crippen LogP contribution in [-0.2, 0) is 17.8 Å². The largest absolute Gasteiger partial charge is 0.356 e. The van der Waals surface area contributed by atoms with Crippen LogP contribution in [0.3, 0.4) is 0 Å². The summed E-state index contributed by atoms with van der Waals surface area (Å²) in [6.07, 6.45) is 6.13. The Balaban J connectivity index is 1.30. The second-order valence-corrected chi connectivity index (χ2v) is 7.92. The number of hydrogen-bond acceptors (Lipinski definition) is 2. The molecule has 2 aromatic heterocycles. The first-order valence-electron chi connectivity index (χ1n) is 10.2. The van der Waals surface area contributed by atoms with Crippen LogP contribution in [0.15, 0.2) is 73.1 Å². The molecule has 5 nitrogen and oxygen atoms in total. The molecule has 0 aliphatic rings. The lowest BCUT2D eigenvalue weighted by molar-refractivity contribution is -0.121. The van der Waals surface area contributed by atoms with E-state index in [-0.39, 0.29) is 11.8 Å². The number of aromatic nitrogens is 3. The lowest BCUT2D eigenvalue weighted by Gasteiger charge is -2.18. The van der Waals surface area contributed by atoms with Crippen molar-refractivity contribution in [1.29, 1.82) is 0 Å². The summed E-state index contributed by atoms with van der Waals surface area (Å²) < 4.78 is 2.11. The predicted octanol–water partition coefficient (Wildman–Crippen LogP) is 4.94. The number of benzene rings is 2. The van der Waals surface area contributed by atoms with Crippen LogP contribution in [0.5, 0.6) is 0 Å². The molecule has 2 N–H and O–H groups in total. The normalized spacial score (nSPS) is 12.2. The number of aromatic amines is 1. The van der Waals surface area contributed by atoms with Gasteiger partial charge < -0.3 is 14.9 Å². The summed E-state index contributed by atoms with van der Waals surface area (Å²) in [5, 5.41) is 3.76. The summed E-state index contributed by atoms with van der Waals surface area (Å²) in [4.78, 5) is 20.5. The Morgan fingerprint density at radius 2 is 1.83 bits per heavy atom. The number of halogens is 1. The van der Waals surface area contributed by atoms with Gasteiger partial charge >= 0.3 is 0 Å². The lowest BCUT2D eigenvalue weighted by atomic mass is 9.95. The highest BCUT2D eigenvalue weighted by molar-refractivity contribution is 6.30. The molecule has 0 radical (unpaired) electrons. The van der Waals surface area contributed by atoms with Crippen LogP contribution in [0.2, 0.25) is 5.02 Å². The first-order valence-corrected chi connectivity index (χ1v) is 10.6. The van der Waals surface area contributed by atoms with Crippen molar-refractivity contribution >= 4 is 28.5 Å². The van der Waals surface area contributed by atoms with E-state index >= 15 is 0 Å². The number of para-hydroxylation sites is 2. The molecule has 0 fully saturated rings. The first-order chi connectivity index (χ1) is 14.7. The topological polar surface area (TPSA) is 62.7 Å². The van der Waals surface area contributed by atoms with E-state index in [1.165, 1.54) is 0 Å². The Hall–Kier alpha value is -3.05. The fourth-order valence-corrected chi connectivity index (χ4v) is 3.80. The first kappa shape index (κ1) is 20.2. The van der Waals surface area contributed by atoms with E-state index < -0.39 is 0 Å². The van der Waals surface area contributed by atoms with Gasteiger partial charge in [0.15, 0.2) is 0 Å². The summed E-state index contributed by atoms with van der Waals surface area (Å²) in [6, 6.07) is 19.8. The van der Waals surface area contributed by atoms with E-state index in [0.29, 0.717) is 18.0 Å². The molecule has 0 aliphatic heterocycles. The zero-order valence-corrected chi connectivity index (χ0v) is 17.5. The zero-order valence-electron chi connectivity index (χ0n) is 16.7. The standard InChI is InChI=1S/C24H25ClN4O/c25-20-11-9-18(10-12-20)19(17-29-14-3-4-15-29)16-24(30)26-13-5-8-23-27-21-6-1-2-7-22(21)28-23/h1-4,6-7,9-12,14-15,19H,5,8,13,16-17H2,(H,26,30)(H,27,28). The molecule has 1 atom stereocenters. The van der Waals surface area contributed by atoms with Gasteiger partial charge in [-0.15, -0.1) is 0 Å². The number of imidazole rings is 1. The monoisotopic (exact) mass is 420 g/mol. The van der Waals surface area contributed by atoms with Crippen molar-refractivity contribution in [3.8, 4) is 0 Å². The van der Waals surface area contributed by atoms with Gasteiger partial charge in [-0.3, -0.25) is 4.79 Å². The highest BCUT2D eigenvalue weighted by Crippen LogP contribution is 2.24. The Kier molecular flexibility index (Phi) is 6.50. The van der Waals surface area contributed by atoms with Crippen molar-refractivity contribution in [2.45, 2.75) is 31.7 Å². The molecule has 2 heterocycles. The summed E-state index contributed by atoms with van der Waals surface area (Å²) in [5.74, 6) is 1.11. The smallest absolute Gasteiger partial charge is 0.220 e. The molecule has 4 rings (SSSR count). The number of rotatable bonds is 9. The minimum atomic E-state index is 0.0618. The number of nitrogens with zero attached hydrogens (tertiary/aromatic N) is 2. The molecule has 1 unspecified atom stereocenters. The average molecular weight is 421 g/mol. The van der Waals surface area contributed by atoms with Gasteiger partial charge in [-0.05, 0) is 48.4 Å². The molecule has 1 amide bonds. The number of carbonyl (C=O) groups excluding carboxylic acids is 1. The highest BCUT2D eigenvalue weighted by atomic mass is 35.5. The molecular weight excluding hydrogens is 396 g/mol. The molecule has 0 aliphatic carbocycles. The van der Waals surface area contributed by atoms with E-state index in [4.69, 9.17) is 11.6 Å². The number of fused-ring (bicyclic) bond motifs is 1. The summed E-state index contributed by atoms with van der Waals surface area (Å²) >= 11 is 6.03. The Morgan fingerprint density at radius 1 is 1.07 bits per heavy atom. The van der Waals surface area contributed by atoms with Crippen molar-refractivity contribution in [2.24, 2.45) is 0 Å². The third-order valence-electron chi connectivity index (χ3n) is 5.22. The highest BCUT2D eigenvalue weighted by Gasteiger charge is 2.17. The average Bonchev–Trinajstić information content (AvgIpc) is 3.40. The SMILES string of the molecule is O=C(CC(Cn1cccc1)c1ccc(Cl)cc1)NCCCc1nc2ccccc2[nH]1. The molecule has 6 heteroatoms. The third kappa shape index (κ3) is 5.30. The molecule has 0 saturated heterocycles. The quantitative estimate of drug-likeness (QED) is 0.377. The van der Waals surface area contributed by atoms with E-state index in [1.807, 2.05) is 73.1 Å². The van der Waals surface area contributed by atoms with Gasteiger partial charge in [0.2, 0.25) is 5.91 Å². The van der Waals surface area contributed by atoms with Gasteiger partial charge in [0.05, 0.1) is 11.0 Å². The van der Waals surface area contributed by atoms with Gasteiger partial charge in [-0.2, -0.15) is 0 Å². The second-order valence-electron chi connectivity index (χ2n) is 7.49. The molecule has 2 aromatic carbocycles. The molecule has 4 aromatic rings. The molecular formula is C24H25ClN4O. The maximum absolute atomic E-state index is 12.6. The number of aryl methyl sites for hydroxylation is 1. The van der Waals surface area contributed by atoms with Gasteiger partial charge in [0.25, 0.3) is 0 Å². The van der Waals surface area contributed by atoms with Crippen molar-refractivity contribution in [2.75, 3.05) is 6.54 Å². The van der Waals surface area contributed by atoms with Crippen molar-refractivity contribution in [3.05, 3.63) is 89.5 Å². The second kappa shape index (κ2) is 9.63. The number of amides is 1. The van der Waals surface area contributed by atoms with Crippen LogP contribution >= 0.6 is 11.6 Å². The Morgan fingerprint density at radius 3 is 2.60 bits per heavy atom. The van der Waals surface area contributed by atoms with Gasteiger partial charge in [0, 0.05) is 49.3 Å². The van der Waals surface area contributed by atoms with Crippen LogP contribution < -0.4 is 5.32 Å². The van der Waals surface area contributed by atoms with Crippen molar-refractivity contribution in [1.82, 2.24) is 19.9 Å². The third-order valence-corrected chi connectivity index (χ3v) is 5.47. The molecule has 0 spiro atoms. The van der Waals surface area contributed by atoms with Crippen LogP contribution in [-0.4, -0.2) is 27.0 Å². The van der Waals surface area contributed by atoms with Gasteiger partial charge in [0.1, 0.15) is 5.82 Å². The van der Waals surface area contributed by atoms with E-state index in [2.05, 4.69) is 19.9 Å². The number of hydrogen-bond donors (Lipinski definition) is 2. The van der Waals surface area contributed by atoms with Crippen molar-refractivity contribution in [3.63, 3.8) is 0 Å². The molecule has 30 heavy (non-hydrogen) atoms. The minimum Gasteiger partial charge on any atom is -0.356 e. The maximum atomic E-state index is 12.6. The summed E-state index contributed by atoms with van der Waals surface area (Å²) in [7, 11) is 0. The fourth-order valence-electron chi connectivity index (χ4n) is 3.67. The van der Waals surface area contributed by atoms with Crippen LogP contribution in [0.4, 0.5) is 0 Å². The maximum Gasteiger partial charge on any atom is 0.220 e. The van der Waals surface area contributed by atoms with E-state index in [1.54, 1.807) is 0 Å². The zero-order chi connectivity index (χ0) is 20.8. The molecule has 0 saturated carbocycles. The van der Waals surface area contributed by atoms with E-state index in [0.717, 1.165) is 41.8 Å². The van der Waals surface area contributed by atoms with Crippen LogP contribution in [0.1, 0.15) is 30.1 Å². The van der Waals surface area contributed by atoms with Crippen LogP contribution in [0, 0.1) is 0 Å². The molecule has 154 valence electrons. The fraction of sp³-hybridized carbons (Fsp3) is 0.250. The Bertz CT molecular complexity index is 1050. The number of H-pyrrole nitrogens is 1. The predicted molar refractivity (Wildman–Crippen MR) is 121 cm³/mol. The Labute approximate surface area is 181 Å².